The van der Waals surface area contributed by atoms with Gasteiger partial charge >= 0.3 is 0 Å². The minimum Gasteiger partial charge on any atom is -0.352 e. The maximum absolute atomic E-state index is 14.5. The smallest absolute Gasteiger partial charge is 0.185 e. The molecule has 1 saturated heterocycles. The van der Waals surface area contributed by atoms with Crippen LogP contribution in [0.2, 0.25) is 0 Å². The Morgan fingerprint density at radius 2 is 1.58 bits per heavy atom. The van der Waals surface area contributed by atoms with Crippen molar-refractivity contribution >= 4 is 45.0 Å². The van der Waals surface area contributed by atoms with E-state index >= 15 is 0 Å². The zero-order valence-electron chi connectivity index (χ0n) is 20.1. The van der Waals surface area contributed by atoms with Gasteiger partial charge in [0, 0.05) is 45.2 Å². The van der Waals surface area contributed by atoms with Gasteiger partial charge < -0.3 is 4.90 Å². The summed E-state index contributed by atoms with van der Waals surface area (Å²) in [6.45, 7) is 0. The first-order valence-corrected chi connectivity index (χ1v) is 13.3. The van der Waals surface area contributed by atoms with Gasteiger partial charge in [-0.3, -0.25) is 19.4 Å². The van der Waals surface area contributed by atoms with E-state index in [1.165, 1.54) is 0 Å². The Hall–Kier alpha value is -4.16. The summed E-state index contributed by atoms with van der Waals surface area (Å²) in [6.07, 6.45) is 7.23. The van der Waals surface area contributed by atoms with Crippen LogP contribution < -0.4 is 4.90 Å². The van der Waals surface area contributed by atoms with Crippen molar-refractivity contribution < 1.29 is 14.4 Å². The lowest BCUT2D eigenvalue weighted by atomic mass is 9.64. The topological polar surface area (TPSA) is 67.3 Å². The van der Waals surface area contributed by atoms with Crippen molar-refractivity contribution in [2.75, 3.05) is 4.90 Å². The lowest BCUT2D eigenvalue weighted by molar-refractivity contribution is 0.0666. The normalized spacial score (nSPS) is 22.3. The van der Waals surface area contributed by atoms with Gasteiger partial charge in [0.25, 0.3) is 0 Å². The molecular formula is C32H21BrN2O3. The molecule has 1 aromatic heterocycles. The Morgan fingerprint density at radius 3 is 2.26 bits per heavy atom. The Balaban J connectivity index is 1.55. The lowest BCUT2D eigenvalue weighted by Gasteiger charge is -2.37. The molecule has 0 unspecified atom stereocenters. The van der Waals surface area contributed by atoms with E-state index in [9.17, 15) is 14.4 Å². The van der Waals surface area contributed by atoms with E-state index in [0.717, 1.165) is 15.7 Å². The van der Waals surface area contributed by atoms with Crippen molar-refractivity contribution in [1.29, 1.82) is 0 Å². The molecule has 4 aromatic rings. The minimum atomic E-state index is -1.51. The molecule has 6 heteroatoms. The van der Waals surface area contributed by atoms with E-state index in [0.29, 0.717) is 22.3 Å². The van der Waals surface area contributed by atoms with Gasteiger partial charge in [0.1, 0.15) is 11.5 Å². The Labute approximate surface area is 228 Å². The number of halogens is 1. The zero-order valence-corrected chi connectivity index (χ0v) is 21.7. The predicted molar refractivity (Wildman–Crippen MR) is 149 cm³/mol. The molecule has 0 radical (unpaired) electrons. The number of carbonyl (C=O) groups is 3. The second-order valence-corrected chi connectivity index (χ2v) is 10.8. The van der Waals surface area contributed by atoms with Crippen LogP contribution in [0.15, 0.2) is 108 Å². The molecule has 0 bridgehead atoms. The maximum Gasteiger partial charge on any atom is 0.185 e. The number of fused-ring (bicyclic) bond motifs is 5. The average Bonchev–Trinajstić information content (AvgIpc) is 3.39. The van der Waals surface area contributed by atoms with E-state index in [-0.39, 0.29) is 17.3 Å². The van der Waals surface area contributed by atoms with Gasteiger partial charge in [-0.05, 0) is 35.4 Å². The molecule has 0 N–H and O–H groups in total. The molecule has 1 spiro atoms. The number of Topliss-reactive ketones (excluding diaryl/α,β-unsaturated/α-hetero) is 3. The van der Waals surface area contributed by atoms with Crippen LogP contribution in [-0.2, 0) is 0 Å². The molecule has 1 fully saturated rings. The second-order valence-electron chi connectivity index (χ2n) is 9.93. The number of aromatic nitrogens is 1. The van der Waals surface area contributed by atoms with E-state index in [1.54, 1.807) is 54.9 Å². The van der Waals surface area contributed by atoms with Crippen LogP contribution in [-0.4, -0.2) is 34.4 Å². The summed E-state index contributed by atoms with van der Waals surface area (Å²) in [4.78, 5) is 49.9. The molecule has 0 amide bonds. The summed E-state index contributed by atoms with van der Waals surface area (Å²) in [5.41, 5.74) is 2.27. The molecule has 184 valence electrons. The number of anilines is 1. The predicted octanol–water partition coefficient (Wildman–Crippen LogP) is 6.16. The number of rotatable bonds is 3. The van der Waals surface area contributed by atoms with E-state index < -0.39 is 23.4 Å². The van der Waals surface area contributed by atoms with Crippen LogP contribution >= 0.6 is 15.9 Å². The minimum absolute atomic E-state index is 0.137. The van der Waals surface area contributed by atoms with E-state index in [2.05, 4.69) is 20.9 Å². The highest BCUT2D eigenvalue weighted by Gasteiger charge is 2.71. The van der Waals surface area contributed by atoms with Crippen LogP contribution in [0.5, 0.6) is 0 Å². The first-order valence-electron chi connectivity index (χ1n) is 12.5. The molecule has 3 atom stereocenters. The van der Waals surface area contributed by atoms with Gasteiger partial charge in [-0.2, -0.15) is 0 Å². The van der Waals surface area contributed by atoms with Gasteiger partial charge in [-0.15, -0.1) is 0 Å². The highest BCUT2D eigenvalue weighted by atomic mass is 79.9. The highest BCUT2D eigenvalue weighted by Crippen LogP contribution is 2.60. The Morgan fingerprint density at radius 1 is 0.868 bits per heavy atom. The van der Waals surface area contributed by atoms with Crippen molar-refractivity contribution in [1.82, 2.24) is 4.98 Å². The molecule has 3 aromatic carbocycles. The summed E-state index contributed by atoms with van der Waals surface area (Å²) in [7, 11) is 0. The van der Waals surface area contributed by atoms with Crippen molar-refractivity contribution in [2.45, 2.75) is 18.0 Å². The maximum atomic E-state index is 14.5. The third-order valence-corrected chi connectivity index (χ3v) is 8.63. The summed E-state index contributed by atoms with van der Waals surface area (Å²) in [5.74, 6) is -1.37. The van der Waals surface area contributed by atoms with E-state index in [4.69, 9.17) is 0 Å². The number of ketones is 3. The first kappa shape index (κ1) is 23.0. The average molecular weight is 561 g/mol. The van der Waals surface area contributed by atoms with Crippen molar-refractivity contribution in [3.05, 3.63) is 136 Å². The summed E-state index contributed by atoms with van der Waals surface area (Å²) < 4.78 is 0.906. The molecular weight excluding hydrogens is 540 g/mol. The first-order chi connectivity index (χ1) is 18.5. The fraction of sp³-hybridized carbons (Fsp3) is 0.125. The number of hydrogen-bond acceptors (Lipinski definition) is 5. The van der Waals surface area contributed by atoms with Crippen LogP contribution in [0.4, 0.5) is 5.69 Å². The number of pyridine rings is 1. The Kier molecular flexibility index (Phi) is 5.10. The molecule has 5 nitrogen and oxygen atoms in total. The summed E-state index contributed by atoms with van der Waals surface area (Å²) >= 11 is 3.55. The lowest BCUT2D eigenvalue weighted by Crippen LogP contribution is -2.48. The molecule has 3 heterocycles. The summed E-state index contributed by atoms with van der Waals surface area (Å²) in [6, 6.07) is 24.2. The largest absolute Gasteiger partial charge is 0.352 e. The molecule has 3 aliphatic rings. The number of benzene rings is 3. The van der Waals surface area contributed by atoms with Crippen molar-refractivity contribution in [2.24, 2.45) is 5.41 Å². The van der Waals surface area contributed by atoms with E-state index in [1.807, 2.05) is 59.5 Å². The zero-order chi connectivity index (χ0) is 26.0. The molecule has 1 aliphatic carbocycles. The van der Waals surface area contributed by atoms with Gasteiger partial charge in [0.2, 0.25) is 0 Å². The van der Waals surface area contributed by atoms with Crippen molar-refractivity contribution in [3.8, 4) is 0 Å². The van der Waals surface area contributed by atoms with Crippen LogP contribution in [0.1, 0.15) is 48.1 Å². The SMILES string of the molecule is O=C(c1ccccc1)[C@@H]1[C@@H](c2cccnc2)C2(C(=O)c3ccccc3C2=O)[C@H]2C=Cc3cc(Br)ccc3N12. The molecule has 38 heavy (non-hydrogen) atoms. The quantitative estimate of drug-likeness (QED) is 0.222. The van der Waals surface area contributed by atoms with Crippen LogP contribution in [0.25, 0.3) is 6.08 Å². The third kappa shape index (κ3) is 2.98. The van der Waals surface area contributed by atoms with Gasteiger partial charge in [-0.1, -0.05) is 88.7 Å². The highest BCUT2D eigenvalue weighted by molar-refractivity contribution is 9.10. The monoisotopic (exact) mass is 560 g/mol. The van der Waals surface area contributed by atoms with Crippen LogP contribution in [0.3, 0.4) is 0 Å². The molecule has 0 saturated carbocycles. The van der Waals surface area contributed by atoms with Crippen LogP contribution in [0, 0.1) is 5.41 Å². The molecule has 7 rings (SSSR count). The summed E-state index contributed by atoms with van der Waals surface area (Å²) in [5, 5.41) is 0. The van der Waals surface area contributed by atoms with Gasteiger partial charge in [0.05, 0.1) is 6.04 Å². The van der Waals surface area contributed by atoms with Gasteiger partial charge in [-0.25, -0.2) is 0 Å². The standard InChI is InChI=1S/C32H21BrN2O3/c33-22-13-14-25-20(17-22)12-15-26-32(30(37)23-10-4-5-11-24(23)31(32)38)27(21-9-6-16-34-18-21)28(35(25)26)29(36)19-7-2-1-3-8-19/h1-18,26-28H/t26-,27-,28+/m1/s1. The third-order valence-electron chi connectivity index (χ3n) is 8.14. The number of hydrogen-bond donors (Lipinski definition) is 0. The number of carbonyl (C=O) groups excluding carboxylic acids is 3. The Bertz CT molecular complexity index is 1630. The molecule has 2 aliphatic heterocycles. The van der Waals surface area contributed by atoms with Gasteiger partial charge in [0.15, 0.2) is 17.3 Å². The number of nitrogens with zero attached hydrogens (tertiary/aromatic N) is 2. The fourth-order valence-electron chi connectivity index (χ4n) is 6.65. The fourth-order valence-corrected chi connectivity index (χ4v) is 7.03. The second kappa shape index (κ2) is 8.43. The van der Waals surface area contributed by atoms with Crippen molar-refractivity contribution in [3.63, 3.8) is 0 Å².